The molecule has 1 saturated heterocycles. The van der Waals surface area contributed by atoms with Crippen LogP contribution in [0, 0.1) is 5.92 Å². The van der Waals surface area contributed by atoms with Gasteiger partial charge in [0.1, 0.15) is 6.04 Å². The van der Waals surface area contributed by atoms with Crippen molar-refractivity contribution in [3.05, 3.63) is 29.3 Å². The number of hydrogen-bond donors (Lipinski definition) is 2. The molecule has 1 fully saturated rings. The van der Waals surface area contributed by atoms with E-state index < -0.39 is 28.0 Å². The summed E-state index contributed by atoms with van der Waals surface area (Å²) in [5.74, 6) is -1.14. The van der Waals surface area contributed by atoms with Crippen molar-refractivity contribution in [2.24, 2.45) is 5.92 Å². The summed E-state index contributed by atoms with van der Waals surface area (Å²) in [7, 11) is -3.63. The van der Waals surface area contributed by atoms with E-state index in [4.69, 9.17) is 11.6 Å². The molecule has 1 aliphatic heterocycles. The Morgan fingerprint density at radius 1 is 1.30 bits per heavy atom. The number of carbonyl (C=O) groups is 2. The maximum atomic E-state index is 12.7. The van der Waals surface area contributed by atoms with Gasteiger partial charge in [-0.05, 0) is 55.5 Å². The van der Waals surface area contributed by atoms with E-state index in [1.807, 2.05) is 6.26 Å². The van der Waals surface area contributed by atoms with Gasteiger partial charge in [-0.25, -0.2) is 13.2 Å². The predicted molar refractivity (Wildman–Crippen MR) is 106 cm³/mol. The van der Waals surface area contributed by atoms with Crippen molar-refractivity contribution in [1.29, 1.82) is 0 Å². The van der Waals surface area contributed by atoms with Crippen LogP contribution in [0.2, 0.25) is 5.02 Å². The summed E-state index contributed by atoms with van der Waals surface area (Å²) >= 11 is 7.32. The molecule has 0 aromatic heterocycles. The lowest BCUT2D eigenvalue weighted by Gasteiger charge is -2.31. The van der Waals surface area contributed by atoms with E-state index in [1.165, 1.54) is 40.3 Å². The average molecular weight is 435 g/mol. The summed E-state index contributed by atoms with van der Waals surface area (Å²) in [4.78, 5) is 23.8. The predicted octanol–water partition coefficient (Wildman–Crippen LogP) is 2.06. The average Bonchev–Trinajstić information content (AvgIpc) is 2.65. The summed E-state index contributed by atoms with van der Waals surface area (Å²) < 4.78 is 26.7. The molecule has 0 bridgehead atoms. The van der Waals surface area contributed by atoms with Gasteiger partial charge in [0, 0.05) is 24.0 Å². The van der Waals surface area contributed by atoms with Crippen LogP contribution in [0.5, 0.6) is 0 Å². The first-order valence-corrected chi connectivity index (χ1v) is 11.7. The van der Waals surface area contributed by atoms with E-state index in [1.54, 1.807) is 0 Å². The Labute approximate surface area is 168 Å². The fourth-order valence-corrected chi connectivity index (χ4v) is 4.96. The van der Waals surface area contributed by atoms with Crippen molar-refractivity contribution in [3.63, 3.8) is 0 Å². The zero-order valence-corrected chi connectivity index (χ0v) is 17.3. The van der Waals surface area contributed by atoms with E-state index in [2.05, 4.69) is 5.32 Å². The van der Waals surface area contributed by atoms with Gasteiger partial charge in [0.25, 0.3) is 0 Å². The lowest BCUT2D eigenvalue weighted by molar-refractivity contribution is -0.142. The molecule has 150 valence electrons. The summed E-state index contributed by atoms with van der Waals surface area (Å²) in [5, 5.41) is 12.3. The van der Waals surface area contributed by atoms with Gasteiger partial charge in [-0.3, -0.25) is 4.79 Å². The molecule has 1 aromatic carbocycles. The molecule has 2 rings (SSSR count). The van der Waals surface area contributed by atoms with Crippen LogP contribution in [0.15, 0.2) is 29.2 Å². The second-order valence-corrected chi connectivity index (χ2v) is 9.67. The highest BCUT2D eigenvalue weighted by Crippen LogP contribution is 2.25. The monoisotopic (exact) mass is 434 g/mol. The third-order valence-electron chi connectivity index (χ3n) is 4.50. The Balaban J connectivity index is 1.94. The number of nitrogens with one attached hydrogen (secondary N) is 1. The van der Waals surface area contributed by atoms with E-state index in [9.17, 15) is 23.1 Å². The van der Waals surface area contributed by atoms with Crippen LogP contribution in [0.4, 0.5) is 0 Å². The Morgan fingerprint density at radius 3 is 2.41 bits per heavy atom. The number of hydrogen-bond acceptors (Lipinski definition) is 5. The first-order chi connectivity index (χ1) is 12.8. The quantitative estimate of drug-likeness (QED) is 0.649. The van der Waals surface area contributed by atoms with Crippen LogP contribution >= 0.6 is 23.4 Å². The van der Waals surface area contributed by atoms with Crippen molar-refractivity contribution in [2.45, 2.75) is 30.2 Å². The number of carboxylic acids is 1. The zero-order chi connectivity index (χ0) is 20.0. The molecule has 0 radical (unpaired) electrons. The lowest BCUT2D eigenvalue weighted by Crippen LogP contribution is -2.47. The molecule has 0 aliphatic carbocycles. The van der Waals surface area contributed by atoms with Gasteiger partial charge >= 0.3 is 5.97 Å². The molecule has 1 aliphatic rings. The number of carboxylic acid groups (broad SMARTS) is 1. The van der Waals surface area contributed by atoms with Crippen molar-refractivity contribution in [1.82, 2.24) is 9.62 Å². The van der Waals surface area contributed by atoms with Gasteiger partial charge in [0.15, 0.2) is 0 Å². The maximum Gasteiger partial charge on any atom is 0.326 e. The fraction of sp³-hybridized carbons (Fsp3) is 0.529. The Morgan fingerprint density at radius 2 is 1.89 bits per heavy atom. The van der Waals surface area contributed by atoms with E-state index in [0.717, 1.165) is 0 Å². The number of rotatable bonds is 8. The van der Waals surface area contributed by atoms with Gasteiger partial charge in [-0.2, -0.15) is 16.1 Å². The van der Waals surface area contributed by atoms with Crippen LogP contribution in [0.3, 0.4) is 0 Å². The molecule has 1 heterocycles. The molecule has 10 heteroatoms. The summed E-state index contributed by atoms with van der Waals surface area (Å²) in [6.45, 7) is 0.428. The van der Waals surface area contributed by atoms with Crippen LogP contribution < -0.4 is 5.32 Å². The summed E-state index contributed by atoms with van der Waals surface area (Å²) in [5.41, 5.74) is 0. The lowest BCUT2D eigenvalue weighted by atomic mass is 9.96. The molecule has 2 N–H and O–H groups in total. The standard InChI is InChI=1S/C17H23ClN2O5S2/c1-26-11-8-15(17(22)23)19-16(21)12-6-9-20(10-7-12)27(24,25)14-4-2-13(18)3-5-14/h2-5,12,15H,6-11H2,1H3,(H,19,21)(H,22,23)/t15-/m1/s1. The number of carbonyl (C=O) groups excluding carboxylic acids is 1. The molecule has 1 atom stereocenters. The minimum atomic E-state index is -3.63. The van der Waals surface area contributed by atoms with Crippen molar-refractivity contribution in [3.8, 4) is 0 Å². The van der Waals surface area contributed by atoms with E-state index >= 15 is 0 Å². The largest absolute Gasteiger partial charge is 0.480 e. The molecular formula is C17H23ClN2O5S2. The SMILES string of the molecule is CSCC[C@@H](NC(=O)C1CCN(S(=O)(=O)c2ccc(Cl)cc2)CC1)C(=O)O. The van der Waals surface area contributed by atoms with Crippen LogP contribution in [0.25, 0.3) is 0 Å². The normalized spacial score (nSPS) is 17.4. The second kappa shape index (κ2) is 9.77. The highest BCUT2D eigenvalue weighted by atomic mass is 35.5. The fourth-order valence-electron chi connectivity index (χ4n) is 2.90. The smallest absolute Gasteiger partial charge is 0.326 e. The Kier molecular flexibility index (Phi) is 7.96. The van der Waals surface area contributed by atoms with E-state index in [-0.39, 0.29) is 23.9 Å². The topological polar surface area (TPSA) is 104 Å². The molecule has 1 aromatic rings. The molecule has 27 heavy (non-hydrogen) atoms. The number of aliphatic carboxylic acids is 1. The van der Waals surface area contributed by atoms with Crippen LogP contribution in [-0.2, 0) is 19.6 Å². The molecular weight excluding hydrogens is 412 g/mol. The van der Waals surface area contributed by atoms with Gasteiger partial charge in [-0.1, -0.05) is 11.6 Å². The third kappa shape index (κ3) is 5.84. The first kappa shape index (κ1) is 22.0. The molecule has 0 unspecified atom stereocenters. The Bertz CT molecular complexity index is 762. The van der Waals surface area contributed by atoms with E-state index in [0.29, 0.717) is 30.0 Å². The van der Waals surface area contributed by atoms with Gasteiger partial charge in [0.05, 0.1) is 4.90 Å². The minimum Gasteiger partial charge on any atom is -0.480 e. The summed E-state index contributed by atoms with van der Waals surface area (Å²) in [6.07, 6.45) is 2.94. The number of piperidine rings is 1. The molecule has 1 amide bonds. The van der Waals surface area contributed by atoms with Crippen molar-refractivity contribution >= 4 is 45.3 Å². The first-order valence-electron chi connectivity index (χ1n) is 8.53. The highest BCUT2D eigenvalue weighted by Gasteiger charge is 2.33. The maximum absolute atomic E-state index is 12.7. The molecule has 0 spiro atoms. The van der Waals surface area contributed by atoms with Crippen molar-refractivity contribution < 1.29 is 23.1 Å². The van der Waals surface area contributed by atoms with Crippen LogP contribution in [-0.4, -0.2) is 60.8 Å². The summed E-state index contributed by atoms with van der Waals surface area (Å²) in [6, 6.07) is 5.05. The zero-order valence-electron chi connectivity index (χ0n) is 14.9. The minimum absolute atomic E-state index is 0.165. The van der Waals surface area contributed by atoms with Gasteiger partial charge < -0.3 is 10.4 Å². The molecule has 0 saturated carbocycles. The molecule has 7 nitrogen and oxygen atoms in total. The number of sulfonamides is 1. The van der Waals surface area contributed by atoms with Crippen LogP contribution in [0.1, 0.15) is 19.3 Å². The third-order valence-corrected chi connectivity index (χ3v) is 7.31. The second-order valence-electron chi connectivity index (χ2n) is 6.31. The van der Waals surface area contributed by atoms with Crippen molar-refractivity contribution in [2.75, 3.05) is 25.1 Å². The van der Waals surface area contributed by atoms with Gasteiger partial charge in [-0.15, -0.1) is 0 Å². The number of halogens is 1. The van der Waals surface area contributed by atoms with Gasteiger partial charge in [0.2, 0.25) is 15.9 Å². The number of thioether (sulfide) groups is 1. The number of amides is 1. The number of nitrogens with zero attached hydrogens (tertiary/aromatic N) is 1. The number of benzene rings is 1. The Hall–Kier alpha value is -1.29. The highest BCUT2D eigenvalue weighted by molar-refractivity contribution is 7.98.